The molecule has 1 rings (SSSR count). The molecule has 0 aliphatic rings. The molecule has 0 saturated heterocycles. The maximum absolute atomic E-state index is 11.4. The van der Waals surface area contributed by atoms with E-state index in [0.29, 0.717) is 25.6 Å². The minimum absolute atomic E-state index is 0. The number of furan rings is 1. The second-order valence-electron chi connectivity index (χ2n) is 3.17. The van der Waals surface area contributed by atoms with E-state index in [4.69, 9.17) is 10.2 Å². The van der Waals surface area contributed by atoms with Crippen molar-refractivity contribution >= 4 is 35.8 Å². The van der Waals surface area contributed by atoms with Gasteiger partial charge in [-0.1, -0.05) is 6.08 Å². The number of nitrogens with two attached hydrogens (primary N) is 1. The van der Waals surface area contributed by atoms with Crippen molar-refractivity contribution in [2.24, 2.45) is 10.7 Å². The summed E-state index contributed by atoms with van der Waals surface area (Å²) in [6, 6.07) is 3.25. The van der Waals surface area contributed by atoms with Crippen molar-refractivity contribution in [3.05, 3.63) is 36.8 Å². The summed E-state index contributed by atoms with van der Waals surface area (Å²) in [6.07, 6.45) is 3.13. The van der Waals surface area contributed by atoms with Gasteiger partial charge in [-0.15, -0.1) is 30.6 Å². The molecule has 0 bridgehead atoms. The number of carbonyl (C=O) groups is 1. The number of carbonyl (C=O) groups excluding carboxylic acids is 1. The second kappa shape index (κ2) is 9.51. The second-order valence-corrected chi connectivity index (χ2v) is 3.17. The molecular weight excluding hydrogens is 347 g/mol. The highest BCUT2D eigenvalue weighted by molar-refractivity contribution is 14.0. The van der Waals surface area contributed by atoms with Gasteiger partial charge in [-0.05, 0) is 12.1 Å². The van der Waals surface area contributed by atoms with Crippen molar-refractivity contribution in [2.75, 3.05) is 19.6 Å². The smallest absolute Gasteiger partial charge is 0.287 e. The van der Waals surface area contributed by atoms with Crippen LogP contribution in [0.3, 0.4) is 0 Å². The molecule has 1 aromatic heterocycles. The van der Waals surface area contributed by atoms with Crippen LogP contribution in [0.2, 0.25) is 0 Å². The highest BCUT2D eigenvalue weighted by Gasteiger charge is 2.06. The fourth-order valence-corrected chi connectivity index (χ4v) is 1.07. The Morgan fingerprint density at radius 1 is 1.56 bits per heavy atom. The number of halogens is 1. The Labute approximate surface area is 123 Å². The number of hydrogen-bond acceptors (Lipinski definition) is 3. The Kier molecular flexibility index (Phi) is 8.71. The molecule has 6 nitrogen and oxygen atoms in total. The SMILES string of the molecule is C=CCNC(N)=NCCNC(=O)c1ccco1.I. The Morgan fingerprint density at radius 2 is 2.33 bits per heavy atom. The summed E-state index contributed by atoms with van der Waals surface area (Å²) >= 11 is 0. The van der Waals surface area contributed by atoms with Gasteiger partial charge in [0.2, 0.25) is 0 Å². The van der Waals surface area contributed by atoms with E-state index in [-0.39, 0.29) is 35.6 Å². The molecule has 1 amide bonds. The van der Waals surface area contributed by atoms with Gasteiger partial charge < -0.3 is 20.8 Å². The van der Waals surface area contributed by atoms with Crippen LogP contribution in [0.1, 0.15) is 10.6 Å². The van der Waals surface area contributed by atoms with Crippen molar-refractivity contribution in [1.82, 2.24) is 10.6 Å². The number of hydrogen-bond donors (Lipinski definition) is 3. The van der Waals surface area contributed by atoms with Gasteiger partial charge in [-0.3, -0.25) is 9.79 Å². The molecule has 0 unspecified atom stereocenters. The summed E-state index contributed by atoms with van der Waals surface area (Å²) in [4.78, 5) is 15.4. The van der Waals surface area contributed by atoms with Crippen LogP contribution in [-0.4, -0.2) is 31.5 Å². The molecule has 100 valence electrons. The molecule has 0 saturated carbocycles. The topological polar surface area (TPSA) is 92.6 Å². The van der Waals surface area contributed by atoms with E-state index in [9.17, 15) is 4.79 Å². The lowest BCUT2D eigenvalue weighted by Crippen LogP contribution is -2.33. The van der Waals surface area contributed by atoms with Crippen molar-refractivity contribution in [3.63, 3.8) is 0 Å². The molecule has 18 heavy (non-hydrogen) atoms. The molecule has 0 radical (unpaired) electrons. The van der Waals surface area contributed by atoms with E-state index in [1.54, 1.807) is 18.2 Å². The van der Waals surface area contributed by atoms with E-state index in [0.717, 1.165) is 0 Å². The molecule has 0 aliphatic heterocycles. The zero-order valence-electron chi connectivity index (χ0n) is 9.89. The summed E-state index contributed by atoms with van der Waals surface area (Å²) in [5.41, 5.74) is 5.53. The van der Waals surface area contributed by atoms with E-state index < -0.39 is 0 Å². The first-order valence-electron chi connectivity index (χ1n) is 5.20. The van der Waals surface area contributed by atoms with Crippen LogP contribution >= 0.6 is 24.0 Å². The molecule has 0 atom stereocenters. The molecule has 0 fully saturated rings. The van der Waals surface area contributed by atoms with Crippen LogP contribution in [0.25, 0.3) is 0 Å². The van der Waals surface area contributed by atoms with Gasteiger partial charge in [0.1, 0.15) is 0 Å². The average molecular weight is 364 g/mol. The lowest BCUT2D eigenvalue weighted by Gasteiger charge is -2.03. The van der Waals surface area contributed by atoms with Crippen LogP contribution in [0.15, 0.2) is 40.5 Å². The van der Waals surface area contributed by atoms with Crippen molar-refractivity contribution in [1.29, 1.82) is 0 Å². The van der Waals surface area contributed by atoms with Gasteiger partial charge in [0, 0.05) is 13.1 Å². The number of rotatable bonds is 6. The van der Waals surface area contributed by atoms with E-state index in [1.807, 2.05) is 0 Å². The Balaban J connectivity index is 0.00000289. The third kappa shape index (κ3) is 6.28. The first kappa shape index (κ1) is 16.5. The highest BCUT2D eigenvalue weighted by atomic mass is 127. The molecule has 7 heteroatoms. The van der Waals surface area contributed by atoms with E-state index >= 15 is 0 Å². The first-order valence-corrected chi connectivity index (χ1v) is 5.20. The third-order valence-corrected chi connectivity index (χ3v) is 1.85. The van der Waals surface area contributed by atoms with E-state index in [2.05, 4.69) is 22.2 Å². The monoisotopic (exact) mass is 364 g/mol. The molecule has 1 aromatic rings. The normalized spacial score (nSPS) is 10.3. The van der Waals surface area contributed by atoms with Crippen LogP contribution < -0.4 is 16.4 Å². The van der Waals surface area contributed by atoms with Crippen LogP contribution in [0.5, 0.6) is 0 Å². The van der Waals surface area contributed by atoms with Gasteiger partial charge in [0.05, 0.1) is 12.8 Å². The maximum atomic E-state index is 11.4. The Bertz CT molecular complexity index is 390. The standard InChI is InChI=1S/C11H16N4O2.HI/c1-2-5-14-11(12)15-7-6-13-10(16)9-4-3-8-17-9;/h2-4,8H,1,5-7H2,(H,13,16)(H3,12,14,15);1H. The fourth-order valence-electron chi connectivity index (χ4n) is 1.07. The maximum Gasteiger partial charge on any atom is 0.287 e. The van der Waals surface area contributed by atoms with Gasteiger partial charge in [-0.2, -0.15) is 0 Å². The molecule has 0 spiro atoms. The minimum Gasteiger partial charge on any atom is -0.459 e. The molecule has 4 N–H and O–H groups in total. The summed E-state index contributed by atoms with van der Waals surface area (Å²) in [5, 5.41) is 5.48. The summed E-state index contributed by atoms with van der Waals surface area (Å²) in [5.74, 6) is 0.353. The number of guanidine groups is 1. The fraction of sp³-hybridized carbons (Fsp3) is 0.273. The van der Waals surface area contributed by atoms with Gasteiger partial charge >= 0.3 is 0 Å². The minimum atomic E-state index is -0.261. The molecule has 0 aliphatic carbocycles. The lowest BCUT2D eigenvalue weighted by atomic mass is 10.4. The Morgan fingerprint density at radius 3 is 2.94 bits per heavy atom. The predicted molar refractivity (Wildman–Crippen MR) is 81.1 cm³/mol. The summed E-state index contributed by atoms with van der Waals surface area (Å²) in [6.45, 7) is 4.91. The molecule has 1 heterocycles. The third-order valence-electron chi connectivity index (χ3n) is 1.85. The zero-order chi connectivity index (χ0) is 12.5. The largest absolute Gasteiger partial charge is 0.459 e. The lowest BCUT2D eigenvalue weighted by molar-refractivity contribution is 0.0927. The van der Waals surface area contributed by atoms with Crippen LogP contribution in [-0.2, 0) is 0 Å². The predicted octanol–water partition coefficient (Wildman–Crippen LogP) is 0.718. The van der Waals surface area contributed by atoms with Crippen molar-refractivity contribution in [3.8, 4) is 0 Å². The average Bonchev–Trinajstić information content (AvgIpc) is 2.85. The van der Waals surface area contributed by atoms with Crippen LogP contribution in [0, 0.1) is 0 Å². The number of nitrogens with zero attached hydrogens (tertiary/aromatic N) is 1. The number of amides is 1. The number of nitrogens with one attached hydrogen (secondary N) is 2. The molecule has 0 aromatic carbocycles. The van der Waals surface area contributed by atoms with Crippen LogP contribution in [0.4, 0.5) is 0 Å². The van der Waals surface area contributed by atoms with Crippen molar-refractivity contribution < 1.29 is 9.21 Å². The zero-order valence-corrected chi connectivity index (χ0v) is 12.2. The number of aliphatic imine (C=N–C) groups is 1. The van der Waals surface area contributed by atoms with Gasteiger partial charge in [0.15, 0.2) is 11.7 Å². The van der Waals surface area contributed by atoms with Gasteiger partial charge in [0.25, 0.3) is 5.91 Å². The quantitative estimate of drug-likeness (QED) is 0.228. The Hall–Kier alpha value is -1.51. The van der Waals surface area contributed by atoms with E-state index in [1.165, 1.54) is 6.26 Å². The van der Waals surface area contributed by atoms with Crippen molar-refractivity contribution in [2.45, 2.75) is 0 Å². The summed E-state index contributed by atoms with van der Waals surface area (Å²) < 4.78 is 4.93. The highest BCUT2D eigenvalue weighted by Crippen LogP contribution is 1.98. The van der Waals surface area contributed by atoms with Gasteiger partial charge in [-0.25, -0.2) is 0 Å². The first-order chi connectivity index (χ1) is 8.24. The summed E-state index contributed by atoms with van der Waals surface area (Å²) in [7, 11) is 0. The molecular formula is C11H17IN4O2.